The van der Waals surface area contributed by atoms with Gasteiger partial charge in [-0.15, -0.1) is 0 Å². The monoisotopic (exact) mass is 263 g/mol. The lowest BCUT2D eigenvalue weighted by atomic mass is 10.1. The van der Waals surface area contributed by atoms with E-state index in [9.17, 15) is 13.6 Å². The van der Waals surface area contributed by atoms with Gasteiger partial charge in [0.25, 0.3) is 5.92 Å². The Hall–Kier alpha value is -0.670. The van der Waals surface area contributed by atoms with Crippen LogP contribution in [0.3, 0.4) is 0 Å². The molecular weight excluding hydrogens is 236 g/mol. The van der Waals surface area contributed by atoms with E-state index in [1.165, 1.54) is 12.8 Å². The van der Waals surface area contributed by atoms with Crippen molar-refractivity contribution in [3.05, 3.63) is 0 Å². The molecule has 0 spiro atoms. The van der Waals surface area contributed by atoms with E-state index in [0.29, 0.717) is 18.9 Å². The summed E-state index contributed by atoms with van der Waals surface area (Å²) in [5.74, 6) is -2.41. The largest absolute Gasteiger partial charge is 0.354 e. The van der Waals surface area contributed by atoms with Crippen molar-refractivity contribution in [3.8, 4) is 0 Å². The fraction of sp³-hybridized carbons (Fsp3) is 0.929. The van der Waals surface area contributed by atoms with Gasteiger partial charge in [0.15, 0.2) is 0 Å². The van der Waals surface area contributed by atoms with E-state index in [0.717, 1.165) is 6.42 Å². The predicted molar refractivity (Wildman–Crippen MR) is 70.8 cm³/mol. The van der Waals surface area contributed by atoms with Crippen LogP contribution in [0.25, 0.3) is 0 Å². The van der Waals surface area contributed by atoms with Gasteiger partial charge in [0.1, 0.15) is 0 Å². The van der Waals surface area contributed by atoms with Crippen molar-refractivity contribution in [1.29, 1.82) is 0 Å². The molecule has 1 aliphatic carbocycles. The molecule has 2 atom stereocenters. The SMILES string of the molecule is CCC1CC1(F)F.CCCCC(C)NC(=O)CC. The number of carbonyl (C=O) groups excluding carboxylic acids is 1. The topological polar surface area (TPSA) is 29.1 Å². The molecule has 0 aromatic heterocycles. The second kappa shape index (κ2) is 8.44. The highest BCUT2D eigenvalue weighted by Crippen LogP contribution is 2.50. The Bertz CT molecular complexity index is 244. The summed E-state index contributed by atoms with van der Waals surface area (Å²) >= 11 is 0. The van der Waals surface area contributed by atoms with Crippen molar-refractivity contribution in [1.82, 2.24) is 5.32 Å². The summed E-state index contributed by atoms with van der Waals surface area (Å²) in [7, 11) is 0. The van der Waals surface area contributed by atoms with Crippen molar-refractivity contribution >= 4 is 5.91 Å². The molecule has 18 heavy (non-hydrogen) atoms. The Morgan fingerprint density at radius 1 is 1.39 bits per heavy atom. The Morgan fingerprint density at radius 2 is 1.94 bits per heavy atom. The van der Waals surface area contributed by atoms with E-state index in [2.05, 4.69) is 19.2 Å². The second-order valence-electron chi connectivity index (χ2n) is 5.03. The molecule has 0 aliphatic heterocycles. The molecule has 4 heteroatoms. The maximum Gasteiger partial charge on any atom is 0.251 e. The Kier molecular flexibility index (Phi) is 8.12. The molecule has 0 aromatic rings. The second-order valence-corrected chi connectivity index (χ2v) is 5.03. The first kappa shape index (κ1) is 17.3. The first-order valence-electron chi connectivity index (χ1n) is 7.04. The summed E-state index contributed by atoms with van der Waals surface area (Å²) in [5.41, 5.74) is 0. The zero-order chi connectivity index (χ0) is 14.2. The molecule has 1 aliphatic rings. The summed E-state index contributed by atoms with van der Waals surface area (Å²) in [6.07, 6.45) is 4.85. The van der Waals surface area contributed by atoms with Gasteiger partial charge in [0, 0.05) is 24.8 Å². The van der Waals surface area contributed by atoms with E-state index in [1.54, 1.807) is 6.92 Å². The van der Waals surface area contributed by atoms with Crippen LogP contribution in [0, 0.1) is 5.92 Å². The van der Waals surface area contributed by atoms with Crippen LogP contribution in [0.4, 0.5) is 8.78 Å². The van der Waals surface area contributed by atoms with Crippen molar-refractivity contribution in [3.63, 3.8) is 0 Å². The van der Waals surface area contributed by atoms with Gasteiger partial charge in [-0.05, 0) is 19.8 Å². The van der Waals surface area contributed by atoms with Crippen LogP contribution >= 0.6 is 0 Å². The van der Waals surface area contributed by atoms with Crippen molar-refractivity contribution in [2.24, 2.45) is 5.92 Å². The third-order valence-corrected chi connectivity index (χ3v) is 3.17. The summed E-state index contributed by atoms with van der Waals surface area (Å²) in [6.45, 7) is 7.89. The van der Waals surface area contributed by atoms with Crippen LogP contribution in [0.1, 0.15) is 66.2 Å². The quantitative estimate of drug-likeness (QED) is 0.766. The van der Waals surface area contributed by atoms with Crippen LogP contribution in [-0.4, -0.2) is 17.9 Å². The minimum atomic E-state index is -2.28. The Balaban J connectivity index is 0.000000351. The summed E-state index contributed by atoms with van der Waals surface area (Å²) in [6, 6.07) is 0.349. The van der Waals surface area contributed by atoms with Crippen molar-refractivity contribution < 1.29 is 13.6 Å². The first-order valence-corrected chi connectivity index (χ1v) is 7.04. The molecule has 0 radical (unpaired) electrons. The number of carbonyl (C=O) groups is 1. The molecule has 0 bridgehead atoms. The van der Waals surface area contributed by atoms with Crippen LogP contribution < -0.4 is 5.32 Å². The number of unbranched alkanes of at least 4 members (excludes halogenated alkanes) is 1. The average Bonchev–Trinajstić information content (AvgIpc) is 2.95. The minimum absolute atomic E-state index is 0.128. The molecule has 1 rings (SSSR count). The molecule has 2 nitrogen and oxygen atoms in total. The number of rotatable bonds is 6. The average molecular weight is 263 g/mol. The smallest absolute Gasteiger partial charge is 0.251 e. The number of alkyl halides is 2. The number of hydrogen-bond donors (Lipinski definition) is 1. The molecule has 0 saturated heterocycles. The molecule has 108 valence electrons. The van der Waals surface area contributed by atoms with E-state index in [4.69, 9.17) is 0 Å². The first-order chi connectivity index (χ1) is 8.37. The van der Waals surface area contributed by atoms with Gasteiger partial charge >= 0.3 is 0 Å². The number of hydrogen-bond acceptors (Lipinski definition) is 1. The molecule has 0 heterocycles. The maximum absolute atomic E-state index is 11.8. The van der Waals surface area contributed by atoms with Gasteiger partial charge in [-0.25, -0.2) is 8.78 Å². The van der Waals surface area contributed by atoms with Crippen molar-refractivity contribution in [2.45, 2.75) is 78.2 Å². The lowest BCUT2D eigenvalue weighted by Crippen LogP contribution is -2.31. The van der Waals surface area contributed by atoms with Gasteiger partial charge < -0.3 is 5.32 Å². The van der Waals surface area contributed by atoms with Gasteiger partial charge in [0.05, 0.1) is 0 Å². The van der Waals surface area contributed by atoms with Gasteiger partial charge in [-0.2, -0.15) is 0 Å². The van der Waals surface area contributed by atoms with E-state index < -0.39 is 5.92 Å². The van der Waals surface area contributed by atoms with E-state index >= 15 is 0 Å². The zero-order valence-corrected chi connectivity index (χ0v) is 12.1. The highest BCUT2D eigenvalue weighted by atomic mass is 19.3. The van der Waals surface area contributed by atoms with Crippen LogP contribution in [0.2, 0.25) is 0 Å². The number of halogens is 2. The van der Waals surface area contributed by atoms with Crippen LogP contribution in [0.15, 0.2) is 0 Å². The molecule has 1 N–H and O–H groups in total. The molecule has 1 fully saturated rings. The lowest BCUT2D eigenvalue weighted by molar-refractivity contribution is -0.121. The highest BCUT2D eigenvalue weighted by Gasteiger charge is 2.55. The Morgan fingerprint density at radius 3 is 2.22 bits per heavy atom. The third kappa shape index (κ3) is 7.62. The van der Waals surface area contributed by atoms with Crippen LogP contribution in [0.5, 0.6) is 0 Å². The fourth-order valence-electron chi connectivity index (χ4n) is 1.67. The minimum Gasteiger partial charge on any atom is -0.354 e. The van der Waals surface area contributed by atoms with E-state index in [-0.39, 0.29) is 18.2 Å². The Labute approximate surface area is 110 Å². The molecule has 1 amide bonds. The fourth-order valence-corrected chi connectivity index (χ4v) is 1.67. The van der Waals surface area contributed by atoms with Crippen LogP contribution in [-0.2, 0) is 4.79 Å². The zero-order valence-electron chi connectivity index (χ0n) is 12.1. The van der Waals surface area contributed by atoms with E-state index in [1.807, 2.05) is 6.92 Å². The predicted octanol–water partition coefficient (Wildman–Crippen LogP) is 4.14. The molecule has 0 aromatic carbocycles. The lowest BCUT2D eigenvalue weighted by Gasteiger charge is -2.11. The summed E-state index contributed by atoms with van der Waals surface area (Å²) in [4.78, 5) is 10.9. The number of nitrogens with one attached hydrogen (secondary N) is 1. The molecule has 1 saturated carbocycles. The maximum atomic E-state index is 11.8. The molecular formula is C14H27F2NO. The summed E-state index contributed by atoms with van der Waals surface area (Å²) < 4.78 is 23.6. The summed E-state index contributed by atoms with van der Waals surface area (Å²) in [5, 5.41) is 2.93. The normalized spacial score (nSPS) is 21.6. The highest BCUT2D eigenvalue weighted by molar-refractivity contribution is 5.75. The number of amides is 1. The molecule has 2 unspecified atom stereocenters. The van der Waals surface area contributed by atoms with Gasteiger partial charge in [-0.1, -0.05) is 33.6 Å². The standard InChI is InChI=1S/C9H19NO.C5H8F2/c1-4-6-7-8(3)10-9(11)5-2;1-2-4-3-5(4,6)7/h8H,4-7H2,1-3H3,(H,10,11);4H,2-3H2,1H3. The third-order valence-electron chi connectivity index (χ3n) is 3.17. The van der Waals surface area contributed by atoms with Crippen molar-refractivity contribution in [2.75, 3.05) is 0 Å². The van der Waals surface area contributed by atoms with Gasteiger partial charge in [0.2, 0.25) is 5.91 Å². The van der Waals surface area contributed by atoms with Gasteiger partial charge in [-0.3, -0.25) is 4.79 Å².